The van der Waals surface area contributed by atoms with Gasteiger partial charge >= 0.3 is 0 Å². The van der Waals surface area contributed by atoms with Gasteiger partial charge in [-0.15, -0.1) is 0 Å². The first-order valence-corrected chi connectivity index (χ1v) is 9.52. The zero-order valence-corrected chi connectivity index (χ0v) is 16.7. The fourth-order valence-electron chi connectivity index (χ4n) is 2.15. The molecular formula is C17H9Cl3N2O2S2. The summed E-state index contributed by atoms with van der Waals surface area (Å²) >= 11 is 24.5. The number of thiocarbonyl (C=S) groups is 1. The molecule has 1 aliphatic heterocycles. The fraction of sp³-hybridized carbons (Fsp3) is 0. The average Bonchev–Trinajstić information content (AvgIpc) is 2.86. The SMILES string of the molecule is O=C(NN1C(=O)C(=Cc2c(Cl)cccc2Cl)SC1=S)c1ccccc1Cl. The van der Waals surface area contributed by atoms with E-state index in [4.69, 9.17) is 47.0 Å². The van der Waals surface area contributed by atoms with Crippen LogP contribution in [0.1, 0.15) is 15.9 Å². The van der Waals surface area contributed by atoms with Gasteiger partial charge in [-0.3, -0.25) is 15.0 Å². The Morgan fingerprint density at radius 2 is 1.65 bits per heavy atom. The Labute approximate surface area is 174 Å². The predicted octanol–water partition coefficient (Wildman–Crippen LogP) is 5.19. The van der Waals surface area contributed by atoms with Crippen LogP contribution in [0.3, 0.4) is 0 Å². The number of rotatable bonds is 3. The molecule has 0 radical (unpaired) electrons. The van der Waals surface area contributed by atoms with Gasteiger partial charge in [-0.05, 0) is 42.6 Å². The first-order chi connectivity index (χ1) is 12.4. The molecule has 4 nitrogen and oxygen atoms in total. The summed E-state index contributed by atoms with van der Waals surface area (Å²) in [4.78, 5) is 25.3. The third-order valence-electron chi connectivity index (χ3n) is 3.40. The van der Waals surface area contributed by atoms with E-state index in [-0.39, 0.29) is 14.9 Å². The minimum absolute atomic E-state index is 0.185. The standard InChI is InChI=1S/C17H9Cl3N2O2S2/c18-11-5-2-1-4-9(11)15(23)21-22-16(24)14(26-17(22)25)8-10-12(19)6-3-7-13(10)20/h1-8H,(H,21,23). The zero-order chi connectivity index (χ0) is 18.8. The second kappa shape index (κ2) is 7.98. The predicted molar refractivity (Wildman–Crippen MR) is 110 cm³/mol. The zero-order valence-electron chi connectivity index (χ0n) is 12.8. The van der Waals surface area contributed by atoms with E-state index in [0.717, 1.165) is 16.8 Å². The van der Waals surface area contributed by atoms with Crippen molar-refractivity contribution in [2.75, 3.05) is 0 Å². The van der Waals surface area contributed by atoms with Crippen LogP contribution in [0.4, 0.5) is 0 Å². The number of nitrogens with zero attached hydrogens (tertiary/aromatic N) is 1. The lowest BCUT2D eigenvalue weighted by atomic mass is 10.2. The highest BCUT2D eigenvalue weighted by molar-refractivity contribution is 8.26. The Hall–Kier alpha value is -1.57. The molecule has 1 aliphatic rings. The molecule has 0 bridgehead atoms. The second-order valence-electron chi connectivity index (χ2n) is 5.07. The number of nitrogens with one attached hydrogen (secondary N) is 1. The van der Waals surface area contributed by atoms with Crippen LogP contribution in [0.5, 0.6) is 0 Å². The van der Waals surface area contributed by atoms with Crippen molar-refractivity contribution in [3.63, 3.8) is 0 Å². The summed E-state index contributed by atoms with van der Waals surface area (Å²) in [6.45, 7) is 0. The van der Waals surface area contributed by atoms with Gasteiger partial charge in [-0.25, -0.2) is 0 Å². The molecule has 0 saturated carbocycles. The minimum atomic E-state index is -0.538. The van der Waals surface area contributed by atoms with Crippen LogP contribution in [0, 0.1) is 0 Å². The number of hydrazine groups is 1. The summed E-state index contributed by atoms with van der Waals surface area (Å²) in [7, 11) is 0. The Kier molecular flexibility index (Phi) is 5.89. The molecule has 1 heterocycles. The van der Waals surface area contributed by atoms with Gasteiger partial charge in [0.25, 0.3) is 11.8 Å². The molecule has 1 saturated heterocycles. The van der Waals surface area contributed by atoms with Crippen molar-refractivity contribution in [2.24, 2.45) is 0 Å². The summed E-state index contributed by atoms with van der Waals surface area (Å²) in [6.07, 6.45) is 1.55. The van der Waals surface area contributed by atoms with Crippen LogP contribution in [0.2, 0.25) is 15.1 Å². The summed E-state index contributed by atoms with van der Waals surface area (Å²) in [5.41, 5.74) is 3.22. The van der Waals surface area contributed by atoms with Gasteiger partial charge in [0.05, 0.1) is 15.5 Å². The number of carbonyl (C=O) groups excluding carboxylic acids is 2. The second-order valence-corrected chi connectivity index (χ2v) is 7.97. The number of benzene rings is 2. The van der Waals surface area contributed by atoms with Crippen molar-refractivity contribution in [2.45, 2.75) is 0 Å². The van der Waals surface area contributed by atoms with Crippen LogP contribution >= 0.6 is 58.8 Å². The van der Waals surface area contributed by atoms with Crippen molar-refractivity contribution in [3.05, 3.63) is 73.6 Å². The molecule has 2 amide bonds. The number of amides is 2. The summed E-state index contributed by atoms with van der Waals surface area (Å²) < 4.78 is 0.185. The quantitative estimate of drug-likeness (QED) is 0.524. The van der Waals surface area contributed by atoms with Gasteiger partial charge in [0, 0.05) is 15.6 Å². The number of thioether (sulfide) groups is 1. The van der Waals surface area contributed by atoms with Crippen molar-refractivity contribution < 1.29 is 9.59 Å². The molecule has 0 unspecified atom stereocenters. The lowest BCUT2D eigenvalue weighted by Crippen LogP contribution is -2.44. The number of hydrogen-bond acceptors (Lipinski definition) is 4. The summed E-state index contributed by atoms with van der Waals surface area (Å²) in [5.74, 6) is -1.01. The maximum atomic E-state index is 12.6. The van der Waals surface area contributed by atoms with E-state index in [1.54, 1.807) is 48.5 Å². The third kappa shape index (κ3) is 3.89. The molecule has 2 aromatic rings. The topological polar surface area (TPSA) is 49.4 Å². The van der Waals surface area contributed by atoms with Crippen LogP contribution < -0.4 is 5.43 Å². The van der Waals surface area contributed by atoms with Crippen LogP contribution in [-0.2, 0) is 4.79 Å². The first-order valence-electron chi connectivity index (χ1n) is 7.16. The molecule has 2 aromatic carbocycles. The highest BCUT2D eigenvalue weighted by atomic mass is 35.5. The largest absolute Gasteiger partial charge is 0.285 e. The van der Waals surface area contributed by atoms with Crippen LogP contribution in [0.25, 0.3) is 6.08 Å². The maximum absolute atomic E-state index is 12.6. The first kappa shape index (κ1) is 19.2. The van der Waals surface area contributed by atoms with Gasteiger partial charge < -0.3 is 0 Å². The van der Waals surface area contributed by atoms with Gasteiger partial charge in [-0.1, -0.05) is 64.8 Å². The van der Waals surface area contributed by atoms with Gasteiger partial charge in [0.15, 0.2) is 4.32 Å². The minimum Gasteiger partial charge on any atom is -0.267 e. The third-order valence-corrected chi connectivity index (χ3v) is 5.69. The highest BCUT2D eigenvalue weighted by Crippen LogP contribution is 2.35. The summed E-state index contributed by atoms with van der Waals surface area (Å²) in [6, 6.07) is 11.5. The van der Waals surface area contributed by atoms with Crippen molar-refractivity contribution in [1.82, 2.24) is 10.4 Å². The average molecular weight is 444 g/mol. The molecule has 132 valence electrons. The van der Waals surface area contributed by atoms with Crippen molar-refractivity contribution in [3.8, 4) is 0 Å². The molecule has 1 N–H and O–H groups in total. The highest BCUT2D eigenvalue weighted by Gasteiger charge is 2.34. The van der Waals surface area contributed by atoms with Gasteiger partial charge in [0.2, 0.25) is 0 Å². The molecular weight excluding hydrogens is 435 g/mol. The monoisotopic (exact) mass is 442 g/mol. The van der Waals surface area contributed by atoms with Crippen LogP contribution in [-0.4, -0.2) is 21.1 Å². The number of carbonyl (C=O) groups is 2. The lowest BCUT2D eigenvalue weighted by Gasteiger charge is -2.16. The maximum Gasteiger partial charge on any atom is 0.285 e. The van der Waals surface area contributed by atoms with E-state index < -0.39 is 11.8 Å². The van der Waals surface area contributed by atoms with E-state index in [2.05, 4.69) is 5.43 Å². The fourth-order valence-corrected chi connectivity index (χ4v) is 4.04. The molecule has 0 aromatic heterocycles. The molecule has 3 rings (SSSR count). The van der Waals surface area contributed by atoms with Crippen molar-refractivity contribution >= 4 is 81.0 Å². The van der Waals surface area contributed by atoms with Crippen molar-refractivity contribution in [1.29, 1.82) is 0 Å². The Morgan fingerprint density at radius 1 is 1.04 bits per heavy atom. The van der Waals surface area contributed by atoms with Gasteiger partial charge in [0.1, 0.15) is 0 Å². The van der Waals surface area contributed by atoms with E-state index in [0.29, 0.717) is 20.5 Å². The summed E-state index contributed by atoms with van der Waals surface area (Å²) in [5, 5.41) is 2.09. The van der Waals surface area contributed by atoms with E-state index >= 15 is 0 Å². The molecule has 0 spiro atoms. The molecule has 9 heteroatoms. The smallest absolute Gasteiger partial charge is 0.267 e. The van der Waals surface area contributed by atoms with E-state index in [1.165, 1.54) is 0 Å². The molecule has 0 atom stereocenters. The van der Waals surface area contributed by atoms with Gasteiger partial charge in [-0.2, -0.15) is 5.01 Å². The van der Waals surface area contributed by atoms with E-state index in [1.807, 2.05) is 0 Å². The Bertz CT molecular complexity index is 943. The normalized spacial score (nSPS) is 15.7. The number of halogens is 3. The molecule has 1 fully saturated rings. The van der Waals surface area contributed by atoms with E-state index in [9.17, 15) is 9.59 Å². The Balaban J connectivity index is 1.85. The molecule has 26 heavy (non-hydrogen) atoms. The molecule has 0 aliphatic carbocycles. The number of hydrogen-bond donors (Lipinski definition) is 1. The lowest BCUT2D eigenvalue weighted by molar-refractivity contribution is -0.123. The Morgan fingerprint density at radius 3 is 2.31 bits per heavy atom. The van der Waals surface area contributed by atoms with Crippen LogP contribution in [0.15, 0.2) is 47.4 Å².